The maximum atomic E-state index is 15.5. The average Bonchev–Trinajstić information content (AvgIpc) is 3.24. The summed E-state index contributed by atoms with van der Waals surface area (Å²) in [5, 5.41) is 40.2. The third-order valence-electron chi connectivity index (χ3n) is 13.5. The van der Waals surface area contributed by atoms with Crippen molar-refractivity contribution >= 4 is 35.6 Å². The van der Waals surface area contributed by atoms with Gasteiger partial charge in [0.15, 0.2) is 23.6 Å². The number of carbonyl (C=O) groups excluding carboxylic acids is 6. The Labute approximate surface area is 358 Å². The zero-order chi connectivity index (χ0) is 44.9. The number of rotatable bonds is 10. The molecule has 15 nitrogen and oxygen atoms in total. The van der Waals surface area contributed by atoms with Crippen LogP contribution in [0.4, 0.5) is 0 Å². The number of amides is 1. The number of Topliss-reactive ketones (excluding diaryl/α,β-unsaturated/α-hetero) is 1. The number of ether oxygens (including phenoxy) is 5. The molecule has 15 heteroatoms. The maximum Gasteiger partial charge on any atom is 0.338 e. The van der Waals surface area contributed by atoms with E-state index in [4.69, 9.17) is 23.7 Å². The molecule has 1 saturated heterocycles. The zero-order valence-corrected chi connectivity index (χ0v) is 35.2. The summed E-state index contributed by atoms with van der Waals surface area (Å²) in [5.74, 6) is -6.84. The highest BCUT2D eigenvalue weighted by molar-refractivity contribution is 5.96. The summed E-state index contributed by atoms with van der Waals surface area (Å²) in [4.78, 5) is 83.5. The van der Waals surface area contributed by atoms with Crippen LogP contribution in [0.25, 0.3) is 0 Å². The molecule has 1 aliphatic heterocycles. The van der Waals surface area contributed by atoms with Crippen molar-refractivity contribution in [3.63, 3.8) is 0 Å². The van der Waals surface area contributed by atoms with E-state index in [1.165, 1.54) is 26.0 Å². The Balaban J connectivity index is 1.39. The fourth-order valence-electron chi connectivity index (χ4n) is 10.2. The molecule has 3 fully saturated rings. The average molecular weight is 854 g/mol. The van der Waals surface area contributed by atoms with Gasteiger partial charge in [-0.2, -0.15) is 0 Å². The van der Waals surface area contributed by atoms with Crippen LogP contribution in [0.5, 0.6) is 0 Å². The smallest absolute Gasteiger partial charge is 0.338 e. The van der Waals surface area contributed by atoms with Crippen LogP contribution in [-0.2, 0) is 42.9 Å². The quantitative estimate of drug-likeness (QED) is 0.130. The van der Waals surface area contributed by atoms with E-state index >= 15 is 4.79 Å². The summed E-state index contributed by atoms with van der Waals surface area (Å²) >= 11 is 0. The van der Waals surface area contributed by atoms with Gasteiger partial charge in [-0.1, -0.05) is 80.6 Å². The lowest BCUT2D eigenvalue weighted by Gasteiger charge is -2.67. The van der Waals surface area contributed by atoms with Gasteiger partial charge in [0, 0.05) is 37.7 Å². The summed E-state index contributed by atoms with van der Waals surface area (Å²) in [6.45, 7) is 7.97. The van der Waals surface area contributed by atoms with Crippen molar-refractivity contribution in [1.29, 1.82) is 0 Å². The van der Waals surface area contributed by atoms with Crippen LogP contribution in [0.1, 0.15) is 86.7 Å². The number of benzene rings is 3. The van der Waals surface area contributed by atoms with E-state index in [1.54, 1.807) is 92.7 Å². The third-order valence-corrected chi connectivity index (χ3v) is 13.5. The van der Waals surface area contributed by atoms with E-state index in [0.717, 1.165) is 13.8 Å². The van der Waals surface area contributed by atoms with Crippen molar-refractivity contribution < 1.29 is 67.8 Å². The molecule has 3 aromatic rings. The highest BCUT2D eigenvalue weighted by Gasteiger charge is 2.78. The highest BCUT2D eigenvalue weighted by Crippen LogP contribution is 2.64. The van der Waals surface area contributed by atoms with Crippen LogP contribution >= 0.6 is 0 Å². The molecule has 3 aliphatic carbocycles. The van der Waals surface area contributed by atoms with Gasteiger partial charge >= 0.3 is 23.9 Å². The van der Waals surface area contributed by atoms with Crippen LogP contribution in [0, 0.1) is 16.7 Å². The van der Waals surface area contributed by atoms with Crippen LogP contribution < -0.4 is 5.32 Å². The van der Waals surface area contributed by atoms with Crippen LogP contribution in [-0.4, -0.2) is 105 Å². The summed E-state index contributed by atoms with van der Waals surface area (Å²) in [6.07, 6.45) is -10.5. The van der Waals surface area contributed by atoms with Gasteiger partial charge in [0.2, 0.25) is 0 Å². The number of nitrogens with one attached hydrogen (secondary N) is 1. The van der Waals surface area contributed by atoms with E-state index < -0.39 is 113 Å². The molecule has 0 radical (unpaired) electrons. The predicted molar refractivity (Wildman–Crippen MR) is 218 cm³/mol. The SMILES string of the molecule is CC(=O)O[C@H]1C(=O)[C@@]2(C)C([C@H](OC(=O)c3ccccc3)[C@]3(O)CC(OC(=O)[C@H](O)C(NC(=O)c4ccccc4)c4ccccc4)C(C)=C1C3(C)C)C1(OC(C)=O)COC1C[C@@H]2O. The van der Waals surface area contributed by atoms with Crippen molar-refractivity contribution in [2.75, 3.05) is 6.61 Å². The Morgan fingerprint density at radius 1 is 0.823 bits per heavy atom. The Morgan fingerprint density at radius 2 is 1.40 bits per heavy atom. The van der Waals surface area contributed by atoms with Gasteiger partial charge in [-0.15, -0.1) is 0 Å². The maximum absolute atomic E-state index is 15.5. The van der Waals surface area contributed by atoms with E-state index in [2.05, 4.69) is 5.32 Å². The monoisotopic (exact) mass is 853 g/mol. The van der Waals surface area contributed by atoms with Crippen LogP contribution in [0.15, 0.2) is 102 Å². The number of ketones is 1. The number of aliphatic hydroxyl groups excluding tert-OH is 2. The first-order valence-corrected chi connectivity index (χ1v) is 20.5. The van der Waals surface area contributed by atoms with Crippen LogP contribution in [0.2, 0.25) is 0 Å². The molecule has 0 spiro atoms. The molecule has 11 atom stereocenters. The number of carbonyl (C=O) groups is 6. The minimum absolute atomic E-state index is 0.00289. The molecule has 2 bridgehead atoms. The summed E-state index contributed by atoms with van der Waals surface area (Å²) < 4.78 is 30.3. The van der Waals surface area contributed by atoms with Gasteiger partial charge < -0.3 is 44.3 Å². The second kappa shape index (κ2) is 16.5. The number of fused-ring (bicyclic) bond motifs is 5. The Bertz CT molecular complexity index is 2280. The summed E-state index contributed by atoms with van der Waals surface area (Å²) in [6, 6.07) is 22.9. The molecular weight excluding hydrogens is 803 g/mol. The topological polar surface area (TPSA) is 221 Å². The lowest BCUT2D eigenvalue weighted by molar-refractivity contribution is -0.346. The number of esters is 4. The molecule has 7 rings (SSSR count). The number of hydrogen-bond donors (Lipinski definition) is 4. The van der Waals surface area contributed by atoms with Gasteiger partial charge in [0.25, 0.3) is 5.91 Å². The fraction of sp³-hybridized carbons (Fsp3) is 0.447. The molecule has 0 aromatic heterocycles. The van der Waals surface area contributed by atoms with Crippen LogP contribution in [0.3, 0.4) is 0 Å². The second-order valence-electron chi connectivity index (χ2n) is 17.4. The highest BCUT2D eigenvalue weighted by atomic mass is 16.6. The second-order valence-corrected chi connectivity index (χ2v) is 17.4. The van der Waals surface area contributed by atoms with Gasteiger partial charge in [-0.3, -0.25) is 19.2 Å². The van der Waals surface area contributed by atoms with E-state index in [0.29, 0.717) is 5.56 Å². The minimum atomic E-state index is -2.39. The fourth-order valence-corrected chi connectivity index (χ4v) is 10.2. The Kier molecular flexibility index (Phi) is 11.8. The largest absolute Gasteiger partial charge is 0.456 e. The molecule has 4 aliphatic rings. The molecule has 5 unspecified atom stereocenters. The molecule has 62 heavy (non-hydrogen) atoms. The first-order valence-electron chi connectivity index (χ1n) is 20.5. The lowest BCUT2D eigenvalue weighted by atomic mass is 9.44. The van der Waals surface area contributed by atoms with Gasteiger partial charge in [-0.05, 0) is 54.8 Å². The van der Waals surface area contributed by atoms with Gasteiger partial charge in [0.1, 0.15) is 23.9 Å². The normalized spacial score (nSPS) is 31.9. The summed E-state index contributed by atoms with van der Waals surface area (Å²) in [7, 11) is 0. The molecule has 4 N–H and O–H groups in total. The zero-order valence-electron chi connectivity index (χ0n) is 35.2. The molecule has 1 amide bonds. The van der Waals surface area contributed by atoms with E-state index in [1.807, 2.05) is 0 Å². The standard InChI is InChI=1S/C47H51NO14/c1-25-31(60-43(56)36(52)35(28-16-10-7-11-17-28)48-41(54)29-18-12-8-13-19-29)23-47(57)40(61-42(55)30-20-14-9-15-21-30)38-45(6,32(51)22-33-46(38,24-58-33)62-27(3)50)39(53)37(59-26(2)49)34(25)44(47,4)5/h7-21,31-33,35-38,40,51-52,57H,22-24H2,1-6H3,(H,48,54)/t31?,32-,33?,35?,36+,37+,38?,40-,45+,46?,47+/m0/s1. The lowest BCUT2D eigenvalue weighted by Crippen LogP contribution is -2.82. The van der Waals surface area contributed by atoms with Crippen molar-refractivity contribution in [3.05, 3.63) is 119 Å². The Hall–Kier alpha value is -5.74. The van der Waals surface area contributed by atoms with Gasteiger partial charge in [-0.25, -0.2) is 9.59 Å². The van der Waals surface area contributed by atoms with E-state index in [-0.39, 0.29) is 35.3 Å². The minimum Gasteiger partial charge on any atom is -0.456 e. The van der Waals surface area contributed by atoms with Gasteiger partial charge in [0.05, 0.1) is 35.6 Å². The molecule has 1 heterocycles. The first-order chi connectivity index (χ1) is 29.3. The van der Waals surface area contributed by atoms with Crippen molar-refractivity contribution in [2.24, 2.45) is 16.7 Å². The molecule has 3 aromatic carbocycles. The number of hydrogen-bond acceptors (Lipinski definition) is 14. The first kappa shape index (κ1) is 44.3. The molecule has 328 valence electrons. The van der Waals surface area contributed by atoms with E-state index in [9.17, 15) is 39.3 Å². The predicted octanol–water partition coefficient (Wildman–Crippen LogP) is 3.74. The number of aliphatic hydroxyl groups is 3. The third kappa shape index (κ3) is 7.29. The van der Waals surface area contributed by atoms with Crippen molar-refractivity contribution in [1.82, 2.24) is 5.32 Å². The van der Waals surface area contributed by atoms with Crippen molar-refractivity contribution in [2.45, 2.75) is 108 Å². The Morgan fingerprint density at radius 3 is 1.95 bits per heavy atom. The molecule has 2 saturated carbocycles. The molecular formula is C47H51NO14. The summed E-state index contributed by atoms with van der Waals surface area (Å²) in [5.41, 5.74) is -7.02. The van der Waals surface area contributed by atoms with Crippen molar-refractivity contribution in [3.8, 4) is 0 Å².